The lowest BCUT2D eigenvalue weighted by Gasteiger charge is -2.45. The Kier molecular flexibility index (Phi) is 5.28. The first kappa shape index (κ1) is 26.2. The molecule has 1 aliphatic carbocycles. The quantitative estimate of drug-likeness (QED) is 0.197. The number of pyridine rings is 1. The van der Waals surface area contributed by atoms with Crippen molar-refractivity contribution in [3.8, 4) is 16.8 Å². The van der Waals surface area contributed by atoms with Gasteiger partial charge in [-0.3, -0.25) is 4.98 Å². The van der Waals surface area contributed by atoms with Crippen LogP contribution in [0.2, 0.25) is 0 Å². The van der Waals surface area contributed by atoms with E-state index in [0.717, 1.165) is 33.3 Å². The van der Waals surface area contributed by atoms with Gasteiger partial charge in [-0.1, -0.05) is 83.9 Å². The first-order valence-corrected chi connectivity index (χ1v) is 16.0. The number of hydrogen-bond donors (Lipinski definition) is 0. The number of rotatable bonds is 2. The molecule has 2 aliphatic rings. The number of hydrogen-bond acceptors (Lipinski definition) is 4. The Labute approximate surface area is 272 Å². The van der Waals surface area contributed by atoms with Crippen molar-refractivity contribution in [3.63, 3.8) is 0 Å². The molecule has 5 nitrogen and oxygen atoms in total. The molecule has 3 aromatic heterocycles. The highest BCUT2D eigenvalue weighted by atomic mass is 15.2. The molecule has 0 atom stereocenters. The van der Waals surface area contributed by atoms with E-state index >= 15 is 0 Å². The predicted molar refractivity (Wildman–Crippen MR) is 189 cm³/mol. The summed E-state index contributed by atoms with van der Waals surface area (Å²) in [5, 5.41) is 1.08. The summed E-state index contributed by atoms with van der Waals surface area (Å²) >= 11 is 0. The normalized spacial score (nSPS) is 13.9. The van der Waals surface area contributed by atoms with Crippen LogP contribution in [0.4, 0.5) is 17.1 Å². The second-order valence-corrected chi connectivity index (χ2v) is 12.7. The number of benzene rings is 5. The van der Waals surface area contributed by atoms with Crippen molar-refractivity contribution < 1.29 is 0 Å². The molecule has 10 rings (SSSR count). The summed E-state index contributed by atoms with van der Waals surface area (Å²) in [7, 11) is 0. The van der Waals surface area contributed by atoms with Crippen LogP contribution < -0.4 is 4.90 Å². The van der Waals surface area contributed by atoms with E-state index in [-0.39, 0.29) is 0 Å². The van der Waals surface area contributed by atoms with Crippen LogP contribution in [0.1, 0.15) is 33.4 Å². The first-order chi connectivity index (χ1) is 23.1. The van der Waals surface area contributed by atoms with E-state index in [4.69, 9.17) is 4.98 Å². The van der Waals surface area contributed by atoms with Crippen LogP contribution in [-0.2, 0) is 5.41 Å². The van der Waals surface area contributed by atoms with E-state index < -0.39 is 5.41 Å². The maximum atomic E-state index is 4.88. The minimum Gasteiger partial charge on any atom is -0.310 e. The number of aryl methyl sites for hydroxylation is 2. The Hall–Kier alpha value is -6.07. The van der Waals surface area contributed by atoms with Crippen molar-refractivity contribution in [2.24, 2.45) is 0 Å². The average molecular weight is 604 g/mol. The molecule has 0 amide bonds. The minimum absolute atomic E-state index is 0.443. The van der Waals surface area contributed by atoms with Crippen molar-refractivity contribution in [1.82, 2.24) is 19.5 Å². The van der Waals surface area contributed by atoms with Crippen LogP contribution in [0, 0.1) is 13.8 Å². The Bertz CT molecular complexity index is 2460. The molecule has 5 aromatic carbocycles. The largest absolute Gasteiger partial charge is 0.310 e. The van der Waals surface area contributed by atoms with Gasteiger partial charge < -0.3 is 9.47 Å². The first-order valence-electron chi connectivity index (χ1n) is 16.0. The highest BCUT2D eigenvalue weighted by molar-refractivity contribution is 6.09. The number of fused-ring (bicyclic) bond motifs is 12. The molecule has 0 saturated carbocycles. The highest BCUT2D eigenvalue weighted by Crippen LogP contribution is 2.63. The Balaban J connectivity index is 1.30. The third-order valence-corrected chi connectivity index (χ3v) is 10.1. The van der Waals surface area contributed by atoms with E-state index in [9.17, 15) is 0 Å². The zero-order valence-corrected chi connectivity index (χ0v) is 26.0. The van der Waals surface area contributed by atoms with Crippen LogP contribution in [0.3, 0.4) is 0 Å². The lowest BCUT2D eigenvalue weighted by atomic mass is 9.64. The SMILES string of the molecule is Cc1ccc2c(c1)C1(c3ccccc3-c3ccccc31)c1cc(C)ccc1N2c1ccc2c(c1)c1ncccc1n2-c1cncnc1. The van der Waals surface area contributed by atoms with Crippen molar-refractivity contribution in [1.29, 1.82) is 0 Å². The van der Waals surface area contributed by atoms with Gasteiger partial charge in [0.2, 0.25) is 0 Å². The van der Waals surface area contributed by atoms with Gasteiger partial charge in [-0.25, -0.2) is 9.97 Å². The predicted octanol–water partition coefficient (Wildman–Crippen LogP) is 9.73. The van der Waals surface area contributed by atoms with Crippen molar-refractivity contribution in [2.45, 2.75) is 19.3 Å². The van der Waals surface area contributed by atoms with E-state index in [2.05, 4.69) is 142 Å². The van der Waals surface area contributed by atoms with Crippen molar-refractivity contribution in [3.05, 3.63) is 174 Å². The molecule has 1 aliphatic heterocycles. The standard InChI is InChI=1S/C42H29N5/c1-26-13-16-38-35(20-26)42(33-10-5-3-8-30(33)31-9-4-6-11-34(31)42)36-21-27(2)14-17-39(36)46(38)28-15-18-37-32(22-28)41-40(12-7-19-45-41)47(37)29-23-43-25-44-24-29/h3-25H,1-2H3. The highest BCUT2D eigenvalue weighted by Gasteiger charge is 2.51. The van der Waals surface area contributed by atoms with Gasteiger partial charge in [-0.05, 0) is 89.7 Å². The van der Waals surface area contributed by atoms with Gasteiger partial charge in [0.1, 0.15) is 6.33 Å². The van der Waals surface area contributed by atoms with Crippen LogP contribution in [0.5, 0.6) is 0 Å². The number of aromatic nitrogens is 4. The molecule has 222 valence electrons. The van der Waals surface area contributed by atoms with Gasteiger partial charge in [0, 0.05) is 17.3 Å². The summed E-state index contributed by atoms with van der Waals surface area (Å²) in [4.78, 5) is 16.0. The molecular formula is C42H29N5. The van der Waals surface area contributed by atoms with E-state index in [1.165, 1.54) is 55.9 Å². The van der Waals surface area contributed by atoms with Crippen LogP contribution in [-0.4, -0.2) is 19.5 Å². The Morgan fingerprint density at radius 3 is 1.85 bits per heavy atom. The third kappa shape index (κ3) is 3.40. The summed E-state index contributed by atoms with van der Waals surface area (Å²) in [5.74, 6) is 0. The average Bonchev–Trinajstić information content (AvgIpc) is 3.60. The van der Waals surface area contributed by atoms with E-state index in [1.54, 1.807) is 6.33 Å². The minimum atomic E-state index is -0.443. The second kappa shape index (κ2) is 9.47. The molecule has 0 fully saturated rings. The van der Waals surface area contributed by atoms with Gasteiger partial charge in [0.15, 0.2) is 0 Å². The van der Waals surface area contributed by atoms with Gasteiger partial charge in [0.05, 0.1) is 51.4 Å². The monoisotopic (exact) mass is 603 g/mol. The van der Waals surface area contributed by atoms with Crippen molar-refractivity contribution >= 4 is 39.0 Å². The summed E-state index contributed by atoms with van der Waals surface area (Å²) in [5.41, 5.74) is 17.4. The molecule has 0 N–H and O–H groups in total. The molecule has 0 saturated heterocycles. The Morgan fingerprint density at radius 1 is 0.553 bits per heavy atom. The molecule has 47 heavy (non-hydrogen) atoms. The summed E-state index contributed by atoms with van der Waals surface area (Å²) in [6.45, 7) is 4.41. The lowest BCUT2D eigenvalue weighted by Crippen LogP contribution is -2.36. The molecule has 4 heterocycles. The number of nitrogens with zero attached hydrogens (tertiary/aromatic N) is 5. The molecule has 0 unspecified atom stereocenters. The molecular weight excluding hydrogens is 574 g/mol. The smallest absolute Gasteiger partial charge is 0.115 e. The van der Waals surface area contributed by atoms with Gasteiger partial charge in [-0.2, -0.15) is 0 Å². The van der Waals surface area contributed by atoms with Gasteiger partial charge >= 0.3 is 0 Å². The lowest BCUT2D eigenvalue weighted by molar-refractivity contribution is 0.750. The third-order valence-electron chi connectivity index (χ3n) is 10.1. The fourth-order valence-corrected chi connectivity index (χ4v) is 8.31. The zero-order chi connectivity index (χ0) is 31.3. The van der Waals surface area contributed by atoms with Crippen LogP contribution in [0.15, 0.2) is 140 Å². The number of anilines is 3. The van der Waals surface area contributed by atoms with E-state index in [0.29, 0.717) is 0 Å². The maximum Gasteiger partial charge on any atom is 0.115 e. The fraction of sp³-hybridized carbons (Fsp3) is 0.0714. The fourth-order valence-electron chi connectivity index (χ4n) is 8.31. The molecule has 8 aromatic rings. The Morgan fingerprint density at radius 2 is 1.19 bits per heavy atom. The van der Waals surface area contributed by atoms with Crippen LogP contribution >= 0.6 is 0 Å². The topological polar surface area (TPSA) is 46.8 Å². The summed E-state index contributed by atoms with van der Waals surface area (Å²) in [6.07, 6.45) is 7.14. The summed E-state index contributed by atoms with van der Waals surface area (Å²) < 4.78 is 2.20. The van der Waals surface area contributed by atoms with Gasteiger partial charge in [-0.15, -0.1) is 0 Å². The van der Waals surface area contributed by atoms with Crippen LogP contribution in [0.25, 0.3) is 38.8 Å². The maximum absolute atomic E-state index is 4.88. The van der Waals surface area contributed by atoms with Gasteiger partial charge in [0.25, 0.3) is 0 Å². The van der Waals surface area contributed by atoms with E-state index in [1.807, 2.05) is 24.7 Å². The second-order valence-electron chi connectivity index (χ2n) is 12.7. The zero-order valence-electron chi connectivity index (χ0n) is 26.0. The molecule has 0 radical (unpaired) electrons. The summed E-state index contributed by atoms with van der Waals surface area (Å²) in [6, 6.07) is 42.7. The molecule has 1 spiro atoms. The van der Waals surface area contributed by atoms with Crippen molar-refractivity contribution in [2.75, 3.05) is 4.90 Å². The molecule has 5 heteroatoms. The molecule has 0 bridgehead atoms.